The van der Waals surface area contributed by atoms with Crippen LogP contribution in [-0.2, 0) is 9.84 Å². The van der Waals surface area contributed by atoms with E-state index >= 15 is 0 Å². The standard InChI is InChI=1S/C18H33N3O2S/c1-3-8-18(2)9-4-10-21(14-18)17(20-16-5-6-16)19-12-15-7-11-24(22,23)13-15/h15-16H,3-14H2,1-2H3,(H,19,20). The molecule has 0 aromatic rings. The SMILES string of the molecule is CCCC1(C)CCCN(C(=NCC2CCS(=O)(=O)C2)NC2CC2)C1. The van der Waals surface area contributed by atoms with E-state index in [0.29, 0.717) is 29.5 Å². The minimum Gasteiger partial charge on any atom is -0.354 e. The zero-order chi connectivity index (χ0) is 17.2. The van der Waals surface area contributed by atoms with Crippen LogP contribution >= 0.6 is 0 Å². The Morgan fingerprint density at radius 1 is 1.33 bits per heavy atom. The van der Waals surface area contributed by atoms with Gasteiger partial charge in [-0.25, -0.2) is 8.42 Å². The highest BCUT2D eigenvalue weighted by atomic mass is 32.2. The molecule has 0 aromatic carbocycles. The van der Waals surface area contributed by atoms with E-state index in [1.807, 2.05) is 0 Å². The lowest BCUT2D eigenvalue weighted by Gasteiger charge is -2.42. The molecule has 2 heterocycles. The Kier molecular flexibility index (Phi) is 5.42. The highest BCUT2D eigenvalue weighted by molar-refractivity contribution is 7.91. The Bertz CT molecular complexity index is 567. The molecule has 138 valence electrons. The average molecular weight is 356 g/mol. The summed E-state index contributed by atoms with van der Waals surface area (Å²) in [6.07, 6.45) is 8.26. The van der Waals surface area contributed by atoms with E-state index in [2.05, 4.69) is 24.1 Å². The lowest BCUT2D eigenvalue weighted by atomic mass is 9.78. The number of hydrogen-bond donors (Lipinski definition) is 1. The highest BCUT2D eigenvalue weighted by Gasteiger charge is 2.34. The maximum Gasteiger partial charge on any atom is 0.194 e. The smallest absolute Gasteiger partial charge is 0.194 e. The molecule has 0 aromatic heterocycles. The van der Waals surface area contributed by atoms with Crippen molar-refractivity contribution in [2.24, 2.45) is 16.3 Å². The summed E-state index contributed by atoms with van der Waals surface area (Å²) in [5.41, 5.74) is 0.385. The molecule has 3 aliphatic rings. The molecule has 24 heavy (non-hydrogen) atoms. The Labute approximate surface area is 147 Å². The molecular weight excluding hydrogens is 322 g/mol. The second-order valence-corrected chi connectivity index (χ2v) is 10.7. The molecule has 0 amide bonds. The van der Waals surface area contributed by atoms with Crippen LogP contribution < -0.4 is 5.32 Å². The van der Waals surface area contributed by atoms with E-state index < -0.39 is 9.84 Å². The van der Waals surface area contributed by atoms with E-state index in [9.17, 15) is 8.42 Å². The highest BCUT2D eigenvalue weighted by Crippen LogP contribution is 2.34. The molecule has 1 aliphatic carbocycles. The van der Waals surface area contributed by atoms with Crippen LogP contribution in [0.25, 0.3) is 0 Å². The Balaban J connectivity index is 1.65. The second kappa shape index (κ2) is 7.22. The van der Waals surface area contributed by atoms with Crippen molar-refractivity contribution < 1.29 is 8.42 Å². The molecule has 2 aliphatic heterocycles. The van der Waals surface area contributed by atoms with Crippen LogP contribution in [-0.4, -0.2) is 56.5 Å². The number of rotatable bonds is 5. The predicted molar refractivity (Wildman–Crippen MR) is 99.0 cm³/mol. The monoisotopic (exact) mass is 355 g/mol. The van der Waals surface area contributed by atoms with Crippen molar-refractivity contribution in [3.05, 3.63) is 0 Å². The van der Waals surface area contributed by atoms with Gasteiger partial charge in [0.25, 0.3) is 0 Å². The molecule has 6 heteroatoms. The van der Waals surface area contributed by atoms with Crippen LogP contribution in [0.4, 0.5) is 0 Å². The fraction of sp³-hybridized carbons (Fsp3) is 0.944. The van der Waals surface area contributed by atoms with E-state index in [0.717, 1.165) is 25.5 Å². The molecule has 2 unspecified atom stereocenters. The Morgan fingerprint density at radius 3 is 2.75 bits per heavy atom. The third-order valence-electron chi connectivity index (χ3n) is 5.67. The van der Waals surface area contributed by atoms with Crippen LogP contribution in [0.2, 0.25) is 0 Å². The van der Waals surface area contributed by atoms with Gasteiger partial charge in [-0.1, -0.05) is 20.3 Å². The predicted octanol–water partition coefficient (Wildman–Crippen LogP) is 2.43. The van der Waals surface area contributed by atoms with Crippen LogP contribution in [0.15, 0.2) is 4.99 Å². The maximum atomic E-state index is 11.7. The zero-order valence-electron chi connectivity index (χ0n) is 15.3. The first-order valence-electron chi connectivity index (χ1n) is 9.65. The summed E-state index contributed by atoms with van der Waals surface area (Å²) in [7, 11) is -2.81. The van der Waals surface area contributed by atoms with Gasteiger partial charge in [-0.05, 0) is 49.9 Å². The molecule has 0 radical (unpaired) electrons. The van der Waals surface area contributed by atoms with Gasteiger partial charge in [-0.2, -0.15) is 0 Å². The van der Waals surface area contributed by atoms with Gasteiger partial charge in [-0.3, -0.25) is 4.99 Å². The normalized spacial score (nSPS) is 33.7. The number of aliphatic imine (C=N–C) groups is 1. The first-order chi connectivity index (χ1) is 11.4. The summed E-state index contributed by atoms with van der Waals surface area (Å²) >= 11 is 0. The van der Waals surface area contributed by atoms with Gasteiger partial charge in [0, 0.05) is 25.7 Å². The quantitative estimate of drug-likeness (QED) is 0.608. The summed E-state index contributed by atoms with van der Waals surface area (Å²) in [4.78, 5) is 7.30. The lowest BCUT2D eigenvalue weighted by Crippen LogP contribution is -2.50. The fourth-order valence-corrected chi connectivity index (χ4v) is 6.03. The minimum absolute atomic E-state index is 0.206. The minimum atomic E-state index is -2.81. The van der Waals surface area contributed by atoms with Crippen molar-refractivity contribution in [1.29, 1.82) is 0 Å². The van der Waals surface area contributed by atoms with Gasteiger partial charge in [-0.15, -0.1) is 0 Å². The first-order valence-corrected chi connectivity index (χ1v) is 11.5. The molecule has 3 rings (SSSR count). The van der Waals surface area contributed by atoms with Gasteiger partial charge in [0.05, 0.1) is 11.5 Å². The molecule has 2 saturated heterocycles. The molecule has 0 spiro atoms. The second-order valence-electron chi connectivity index (χ2n) is 8.44. The van der Waals surface area contributed by atoms with E-state index in [1.54, 1.807) is 0 Å². The fourth-order valence-electron chi connectivity index (χ4n) is 4.18. The largest absolute Gasteiger partial charge is 0.354 e. The summed E-state index contributed by atoms with van der Waals surface area (Å²) in [6, 6.07) is 0.579. The number of nitrogens with zero attached hydrogens (tertiary/aromatic N) is 2. The molecule has 3 fully saturated rings. The van der Waals surface area contributed by atoms with Crippen LogP contribution in [0.3, 0.4) is 0 Å². The molecule has 1 N–H and O–H groups in total. The number of piperidine rings is 1. The number of sulfone groups is 1. The Morgan fingerprint density at radius 2 is 2.12 bits per heavy atom. The van der Waals surface area contributed by atoms with Crippen LogP contribution in [0.1, 0.15) is 58.8 Å². The van der Waals surface area contributed by atoms with E-state index in [4.69, 9.17) is 4.99 Å². The number of nitrogens with one attached hydrogen (secondary N) is 1. The van der Waals surface area contributed by atoms with Gasteiger partial charge in [0.2, 0.25) is 0 Å². The van der Waals surface area contributed by atoms with E-state index in [1.165, 1.54) is 38.5 Å². The van der Waals surface area contributed by atoms with Crippen molar-refractivity contribution >= 4 is 15.8 Å². The average Bonchev–Trinajstić information content (AvgIpc) is 3.26. The molecule has 2 atom stereocenters. The summed E-state index contributed by atoms with van der Waals surface area (Å²) in [5.74, 6) is 1.90. The van der Waals surface area contributed by atoms with Crippen molar-refractivity contribution in [2.75, 3.05) is 31.1 Å². The van der Waals surface area contributed by atoms with Crippen molar-refractivity contribution in [3.8, 4) is 0 Å². The van der Waals surface area contributed by atoms with Crippen LogP contribution in [0, 0.1) is 11.3 Å². The molecule has 0 bridgehead atoms. The molecular formula is C18H33N3O2S. The topological polar surface area (TPSA) is 61.8 Å². The zero-order valence-corrected chi connectivity index (χ0v) is 16.1. The van der Waals surface area contributed by atoms with Gasteiger partial charge in [0.1, 0.15) is 0 Å². The third-order valence-corrected chi connectivity index (χ3v) is 7.51. The van der Waals surface area contributed by atoms with Gasteiger partial charge >= 0.3 is 0 Å². The van der Waals surface area contributed by atoms with Crippen molar-refractivity contribution in [3.63, 3.8) is 0 Å². The maximum absolute atomic E-state index is 11.7. The number of guanidine groups is 1. The first kappa shape index (κ1) is 18.0. The lowest BCUT2D eigenvalue weighted by molar-refractivity contribution is 0.142. The summed E-state index contributed by atoms with van der Waals surface area (Å²) < 4.78 is 23.3. The Hall–Kier alpha value is -0.780. The van der Waals surface area contributed by atoms with Crippen LogP contribution in [0.5, 0.6) is 0 Å². The van der Waals surface area contributed by atoms with Gasteiger partial charge in [0.15, 0.2) is 15.8 Å². The number of hydrogen-bond acceptors (Lipinski definition) is 3. The van der Waals surface area contributed by atoms with Crippen molar-refractivity contribution in [1.82, 2.24) is 10.2 Å². The summed E-state index contributed by atoms with van der Waals surface area (Å²) in [5, 5.41) is 3.61. The molecule has 5 nitrogen and oxygen atoms in total. The third kappa shape index (κ3) is 4.87. The molecule has 1 saturated carbocycles. The van der Waals surface area contributed by atoms with Crippen molar-refractivity contribution in [2.45, 2.75) is 64.8 Å². The van der Waals surface area contributed by atoms with Gasteiger partial charge < -0.3 is 10.2 Å². The number of likely N-dealkylation sites (tertiary alicyclic amines) is 1. The summed E-state index contributed by atoms with van der Waals surface area (Å²) in [6.45, 7) is 7.46. The van der Waals surface area contributed by atoms with E-state index in [-0.39, 0.29) is 5.92 Å².